The maximum absolute atomic E-state index is 13.0. The van der Waals surface area contributed by atoms with Crippen molar-refractivity contribution in [2.75, 3.05) is 13.7 Å². The Morgan fingerprint density at radius 1 is 1.18 bits per heavy atom. The summed E-state index contributed by atoms with van der Waals surface area (Å²) in [5.41, 5.74) is 1.44. The van der Waals surface area contributed by atoms with Gasteiger partial charge in [-0.3, -0.25) is 9.69 Å². The summed E-state index contributed by atoms with van der Waals surface area (Å²) in [6.45, 7) is 2.36. The molecular weight excluding hydrogens is 431 g/mol. The molecule has 3 amide bonds. The third-order valence-electron chi connectivity index (χ3n) is 4.10. The van der Waals surface area contributed by atoms with E-state index in [-0.39, 0.29) is 18.1 Å². The van der Waals surface area contributed by atoms with Crippen molar-refractivity contribution in [1.29, 1.82) is 0 Å². The molecule has 1 aliphatic rings. The van der Waals surface area contributed by atoms with Gasteiger partial charge in [-0.2, -0.15) is 0 Å². The molecule has 0 saturated carbocycles. The van der Waals surface area contributed by atoms with Crippen LogP contribution in [0.1, 0.15) is 18.1 Å². The van der Waals surface area contributed by atoms with E-state index >= 15 is 0 Å². The molecule has 146 valence electrons. The van der Waals surface area contributed by atoms with Gasteiger partial charge in [-0.25, -0.2) is 9.18 Å². The first-order valence-electron chi connectivity index (χ1n) is 8.52. The predicted octanol–water partition coefficient (Wildman–Crippen LogP) is 4.09. The molecule has 0 radical (unpaired) electrons. The van der Waals surface area contributed by atoms with E-state index in [4.69, 9.17) is 9.47 Å². The zero-order valence-electron chi connectivity index (χ0n) is 15.3. The van der Waals surface area contributed by atoms with Gasteiger partial charge in [0.15, 0.2) is 11.5 Å². The van der Waals surface area contributed by atoms with Crippen molar-refractivity contribution in [2.45, 2.75) is 13.5 Å². The number of methoxy groups -OCH3 is 1. The summed E-state index contributed by atoms with van der Waals surface area (Å²) in [4.78, 5) is 26.0. The van der Waals surface area contributed by atoms with Crippen LogP contribution in [0.25, 0.3) is 6.08 Å². The van der Waals surface area contributed by atoms with E-state index in [1.807, 2.05) is 6.92 Å². The summed E-state index contributed by atoms with van der Waals surface area (Å²) in [5.74, 6) is 0.238. The molecule has 0 aromatic heterocycles. The van der Waals surface area contributed by atoms with Crippen LogP contribution in [-0.2, 0) is 11.3 Å². The lowest BCUT2D eigenvalue weighted by molar-refractivity contribution is -0.123. The normalized spacial score (nSPS) is 15.1. The minimum Gasteiger partial charge on any atom is -0.493 e. The zero-order valence-corrected chi connectivity index (χ0v) is 16.9. The molecule has 6 nitrogen and oxygen atoms in total. The lowest BCUT2D eigenvalue weighted by Crippen LogP contribution is -2.30. The topological polar surface area (TPSA) is 67.9 Å². The van der Waals surface area contributed by atoms with Gasteiger partial charge in [-0.1, -0.05) is 28.1 Å². The van der Waals surface area contributed by atoms with Crippen molar-refractivity contribution in [2.24, 2.45) is 0 Å². The summed E-state index contributed by atoms with van der Waals surface area (Å²) in [7, 11) is 1.54. The second-order valence-corrected chi connectivity index (χ2v) is 6.82. The number of benzene rings is 2. The number of rotatable bonds is 6. The highest BCUT2D eigenvalue weighted by Crippen LogP contribution is 2.35. The Labute approximate surface area is 170 Å². The van der Waals surface area contributed by atoms with Crippen molar-refractivity contribution < 1.29 is 23.5 Å². The number of imide groups is 1. The summed E-state index contributed by atoms with van der Waals surface area (Å²) in [6, 6.07) is 8.56. The zero-order chi connectivity index (χ0) is 20.3. The average Bonchev–Trinajstić information content (AvgIpc) is 2.93. The molecule has 1 aliphatic heterocycles. The fourth-order valence-corrected chi connectivity index (χ4v) is 3.17. The Balaban J connectivity index is 1.87. The molecule has 1 fully saturated rings. The van der Waals surface area contributed by atoms with E-state index in [0.717, 1.165) is 4.90 Å². The third kappa shape index (κ3) is 4.17. The van der Waals surface area contributed by atoms with Gasteiger partial charge in [0.2, 0.25) is 0 Å². The molecule has 1 heterocycles. The van der Waals surface area contributed by atoms with Crippen LogP contribution >= 0.6 is 15.9 Å². The lowest BCUT2D eigenvalue weighted by Gasteiger charge is -2.12. The van der Waals surface area contributed by atoms with E-state index in [1.54, 1.807) is 18.2 Å². The largest absolute Gasteiger partial charge is 0.493 e. The number of urea groups is 1. The number of nitrogens with zero attached hydrogens (tertiary/aromatic N) is 1. The highest BCUT2D eigenvalue weighted by atomic mass is 79.9. The van der Waals surface area contributed by atoms with Crippen molar-refractivity contribution >= 4 is 33.9 Å². The van der Waals surface area contributed by atoms with E-state index < -0.39 is 11.9 Å². The quantitative estimate of drug-likeness (QED) is 0.533. The van der Waals surface area contributed by atoms with E-state index in [9.17, 15) is 14.0 Å². The number of hydrogen-bond acceptors (Lipinski definition) is 4. The Hall–Kier alpha value is -2.87. The lowest BCUT2D eigenvalue weighted by atomic mass is 10.1. The molecule has 1 saturated heterocycles. The van der Waals surface area contributed by atoms with Gasteiger partial charge < -0.3 is 14.8 Å². The molecule has 0 atom stereocenters. The molecule has 0 bridgehead atoms. The summed E-state index contributed by atoms with van der Waals surface area (Å²) >= 11 is 3.44. The second-order valence-electron chi connectivity index (χ2n) is 5.96. The van der Waals surface area contributed by atoms with Crippen LogP contribution in [0.5, 0.6) is 11.5 Å². The average molecular weight is 449 g/mol. The summed E-state index contributed by atoms with van der Waals surface area (Å²) in [6.07, 6.45) is 1.57. The fourth-order valence-electron chi connectivity index (χ4n) is 2.73. The van der Waals surface area contributed by atoms with Crippen LogP contribution in [0, 0.1) is 5.82 Å². The fraction of sp³-hybridized carbons (Fsp3) is 0.200. The highest BCUT2D eigenvalue weighted by Gasteiger charge is 2.33. The maximum Gasteiger partial charge on any atom is 0.329 e. The molecular formula is C20H18BrFN2O4. The van der Waals surface area contributed by atoms with Crippen LogP contribution in [-0.4, -0.2) is 30.6 Å². The van der Waals surface area contributed by atoms with Crippen molar-refractivity contribution in [3.8, 4) is 11.5 Å². The smallest absolute Gasteiger partial charge is 0.329 e. The van der Waals surface area contributed by atoms with Crippen molar-refractivity contribution in [3.05, 3.63) is 63.5 Å². The Kier molecular flexibility index (Phi) is 5.99. The van der Waals surface area contributed by atoms with E-state index in [0.29, 0.717) is 33.7 Å². The molecule has 8 heteroatoms. The van der Waals surface area contributed by atoms with Crippen molar-refractivity contribution in [1.82, 2.24) is 10.2 Å². The number of ether oxygens (including phenoxy) is 2. The third-order valence-corrected chi connectivity index (χ3v) is 4.79. The van der Waals surface area contributed by atoms with Gasteiger partial charge in [0.1, 0.15) is 11.5 Å². The maximum atomic E-state index is 13.0. The number of carbonyl (C=O) groups excluding carboxylic acids is 2. The van der Waals surface area contributed by atoms with Gasteiger partial charge in [0, 0.05) is 4.47 Å². The molecule has 2 aromatic rings. The molecule has 1 N–H and O–H groups in total. The van der Waals surface area contributed by atoms with Gasteiger partial charge in [0.05, 0.1) is 20.3 Å². The molecule has 0 unspecified atom stereocenters. The summed E-state index contributed by atoms with van der Waals surface area (Å²) in [5, 5.41) is 2.57. The predicted molar refractivity (Wildman–Crippen MR) is 105 cm³/mol. The monoisotopic (exact) mass is 448 g/mol. The number of carbonyl (C=O) groups is 2. The number of amides is 3. The summed E-state index contributed by atoms with van der Waals surface area (Å²) < 4.78 is 24.6. The van der Waals surface area contributed by atoms with Crippen molar-refractivity contribution in [3.63, 3.8) is 0 Å². The number of halogens is 2. The van der Waals surface area contributed by atoms with Crippen LogP contribution < -0.4 is 14.8 Å². The second kappa shape index (κ2) is 8.43. The van der Waals surface area contributed by atoms with Crippen LogP contribution in [0.4, 0.5) is 9.18 Å². The number of nitrogens with one attached hydrogen (secondary N) is 1. The molecule has 3 rings (SSSR count). The Morgan fingerprint density at radius 2 is 1.89 bits per heavy atom. The van der Waals surface area contributed by atoms with Crippen LogP contribution in [0.2, 0.25) is 0 Å². The van der Waals surface area contributed by atoms with Gasteiger partial charge >= 0.3 is 6.03 Å². The van der Waals surface area contributed by atoms with Crippen LogP contribution in [0.3, 0.4) is 0 Å². The SMILES string of the molecule is CCOc1cc(/C=C2\NC(=O)N(Cc3ccc(F)cc3)C2=O)c(Br)cc1OC. The van der Waals surface area contributed by atoms with Gasteiger partial charge in [-0.15, -0.1) is 0 Å². The van der Waals surface area contributed by atoms with Crippen LogP contribution in [0.15, 0.2) is 46.6 Å². The van der Waals surface area contributed by atoms with E-state index in [2.05, 4.69) is 21.2 Å². The Morgan fingerprint density at radius 3 is 2.54 bits per heavy atom. The molecule has 0 spiro atoms. The highest BCUT2D eigenvalue weighted by molar-refractivity contribution is 9.10. The van der Waals surface area contributed by atoms with Gasteiger partial charge in [-0.05, 0) is 48.4 Å². The standard InChI is InChI=1S/C20H18BrFN2O4/c1-3-28-18-9-13(15(21)10-17(18)27-2)8-16-19(25)24(20(26)23-16)11-12-4-6-14(22)7-5-12/h4-10H,3,11H2,1-2H3,(H,23,26)/b16-8-. The first-order valence-corrected chi connectivity index (χ1v) is 9.31. The number of hydrogen-bond donors (Lipinski definition) is 1. The minimum atomic E-state index is -0.532. The Bertz CT molecular complexity index is 944. The first kappa shape index (κ1) is 19.9. The minimum absolute atomic E-state index is 0.0518. The van der Waals surface area contributed by atoms with E-state index in [1.165, 1.54) is 31.4 Å². The van der Waals surface area contributed by atoms with Gasteiger partial charge in [0.25, 0.3) is 5.91 Å². The molecule has 2 aromatic carbocycles. The first-order chi connectivity index (χ1) is 13.4. The molecule has 28 heavy (non-hydrogen) atoms. The molecule has 0 aliphatic carbocycles.